The average molecular weight is 359 g/mol. The molecule has 3 aromatic rings. The van der Waals surface area contributed by atoms with Gasteiger partial charge in [-0.2, -0.15) is 0 Å². The van der Waals surface area contributed by atoms with Crippen molar-refractivity contribution in [3.63, 3.8) is 0 Å². The second-order valence-electron chi connectivity index (χ2n) is 5.21. The molecule has 6 nitrogen and oxygen atoms in total. The lowest BCUT2D eigenvalue weighted by molar-refractivity contribution is 0.391. The number of nitrogens with one attached hydrogen (secondary N) is 1. The summed E-state index contributed by atoms with van der Waals surface area (Å²) in [6, 6.07) is 9.94. The Hall–Kier alpha value is -2.99. The number of nitrogens with zero attached hydrogens (tertiary/aromatic N) is 1. The third kappa shape index (κ3) is 3.44. The lowest BCUT2D eigenvalue weighted by atomic mass is 10.1. The Morgan fingerprint density at radius 2 is 2.00 bits per heavy atom. The number of hydrogen-bond donors (Lipinski definition) is 2. The number of aromatic amines is 1. The molecule has 0 fully saturated rings. The minimum atomic E-state index is -0.436. The Bertz CT molecular complexity index is 1030. The molecule has 1 aromatic heterocycles. The molecule has 0 aliphatic carbocycles. The van der Waals surface area contributed by atoms with Crippen molar-refractivity contribution in [1.82, 2.24) is 9.97 Å². The fraction of sp³-hybridized carbons (Fsp3) is 0.111. The van der Waals surface area contributed by atoms with Crippen molar-refractivity contribution >= 4 is 34.5 Å². The minimum Gasteiger partial charge on any atom is -0.507 e. The van der Waals surface area contributed by atoms with Gasteiger partial charge in [0.2, 0.25) is 0 Å². The number of fused-ring (bicyclic) bond motifs is 1. The van der Waals surface area contributed by atoms with E-state index in [0.29, 0.717) is 33.1 Å². The number of H-pyrrole nitrogens is 1. The van der Waals surface area contributed by atoms with Crippen LogP contribution < -0.4 is 15.0 Å². The van der Waals surface area contributed by atoms with E-state index < -0.39 is 5.56 Å². The monoisotopic (exact) mass is 358 g/mol. The standard InChI is InChI=1S/C18H15ClN2O4/c1-24-11-4-5-12(17(8-11)25-2)16(22)9-15-18(23)21-14-7-10(19)3-6-13(14)20-15/h3-9,22H,1-2H3,(H,21,23)/b16-9-. The predicted octanol–water partition coefficient (Wildman–Crippen LogP) is 3.65. The molecule has 7 heteroatoms. The van der Waals surface area contributed by atoms with Crippen LogP contribution in [0.2, 0.25) is 5.02 Å². The van der Waals surface area contributed by atoms with Gasteiger partial charge < -0.3 is 19.6 Å². The summed E-state index contributed by atoms with van der Waals surface area (Å²) in [5.74, 6) is 0.856. The van der Waals surface area contributed by atoms with E-state index in [0.717, 1.165) is 0 Å². The summed E-state index contributed by atoms with van der Waals surface area (Å²) in [4.78, 5) is 19.2. The molecule has 2 N–H and O–H groups in total. The summed E-state index contributed by atoms with van der Waals surface area (Å²) in [5, 5.41) is 10.9. The van der Waals surface area contributed by atoms with E-state index in [-0.39, 0.29) is 11.5 Å². The smallest absolute Gasteiger partial charge is 0.274 e. The molecule has 1 heterocycles. The number of halogens is 1. The number of ether oxygens (including phenoxy) is 2. The van der Waals surface area contributed by atoms with Gasteiger partial charge in [0.15, 0.2) is 0 Å². The molecular formula is C18H15ClN2O4. The molecule has 0 saturated heterocycles. The van der Waals surface area contributed by atoms with Gasteiger partial charge in [0.1, 0.15) is 23.0 Å². The third-order valence-electron chi connectivity index (χ3n) is 3.64. The summed E-state index contributed by atoms with van der Waals surface area (Å²) in [6.07, 6.45) is 1.29. The van der Waals surface area contributed by atoms with Crippen LogP contribution in [0.1, 0.15) is 11.3 Å². The van der Waals surface area contributed by atoms with E-state index in [4.69, 9.17) is 21.1 Å². The fourth-order valence-corrected chi connectivity index (χ4v) is 2.56. The third-order valence-corrected chi connectivity index (χ3v) is 3.87. The first-order chi connectivity index (χ1) is 12.0. The van der Waals surface area contributed by atoms with Gasteiger partial charge in [-0.15, -0.1) is 0 Å². The van der Waals surface area contributed by atoms with E-state index in [1.807, 2.05) is 0 Å². The number of hydrogen-bond acceptors (Lipinski definition) is 5. The molecule has 2 aromatic carbocycles. The lowest BCUT2D eigenvalue weighted by Crippen LogP contribution is -2.12. The van der Waals surface area contributed by atoms with Crippen molar-refractivity contribution in [2.75, 3.05) is 14.2 Å². The molecule has 0 atom stereocenters. The fourth-order valence-electron chi connectivity index (χ4n) is 2.39. The topological polar surface area (TPSA) is 84.4 Å². The molecule has 25 heavy (non-hydrogen) atoms. The number of benzene rings is 2. The molecule has 0 amide bonds. The van der Waals surface area contributed by atoms with Gasteiger partial charge in [0.05, 0.1) is 30.8 Å². The van der Waals surface area contributed by atoms with Gasteiger partial charge >= 0.3 is 0 Å². The van der Waals surface area contributed by atoms with Crippen LogP contribution in [0.3, 0.4) is 0 Å². The first-order valence-electron chi connectivity index (χ1n) is 7.34. The maximum absolute atomic E-state index is 12.2. The van der Waals surface area contributed by atoms with Crippen LogP contribution in [0.15, 0.2) is 41.2 Å². The highest BCUT2D eigenvalue weighted by Crippen LogP contribution is 2.29. The summed E-state index contributed by atoms with van der Waals surface area (Å²) < 4.78 is 10.4. The molecule has 128 valence electrons. The number of aromatic nitrogens is 2. The van der Waals surface area contributed by atoms with Crippen molar-refractivity contribution in [1.29, 1.82) is 0 Å². The van der Waals surface area contributed by atoms with E-state index >= 15 is 0 Å². The highest BCUT2D eigenvalue weighted by molar-refractivity contribution is 6.31. The van der Waals surface area contributed by atoms with Crippen LogP contribution >= 0.6 is 11.6 Å². The highest BCUT2D eigenvalue weighted by Gasteiger charge is 2.11. The van der Waals surface area contributed by atoms with Crippen molar-refractivity contribution in [2.45, 2.75) is 0 Å². The lowest BCUT2D eigenvalue weighted by Gasteiger charge is -2.09. The first kappa shape index (κ1) is 16.9. The SMILES string of the molecule is COc1ccc(/C(O)=C/c2nc3ccc(Cl)cc3[nH]c2=O)c(OC)c1. The molecule has 0 unspecified atom stereocenters. The Balaban J connectivity index is 2.08. The molecular weight excluding hydrogens is 344 g/mol. The summed E-state index contributed by atoms with van der Waals surface area (Å²) in [6.45, 7) is 0. The Morgan fingerprint density at radius 3 is 2.72 bits per heavy atom. The summed E-state index contributed by atoms with van der Waals surface area (Å²) in [5.41, 5.74) is 1.14. The van der Waals surface area contributed by atoms with Crippen LogP contribution in [0.4, 0.5) is 0 Å². The van der Waals surface area contributed by atoms with Gasteiger partial charge in [-0.3, -0.25) is 4.79 Å². The molecule has 0 spiro atoms. The van der Waals surface area contributed by atoms with Gasteiger partial charge in [-0.05, 0) is 30.3 Å². The van der Waals surface area contributed by atoms with Crippen molar-refractivity contribution in [3.05, 3.63) is 63.0 Å². The van der Waals surface area contributed by atoms with Crippen LogP contribution in [0.5, 0.6) is 11.5 Å². The summed E-state index contributed by atoms with van der Waals surface area (Å²) >= 11 is 5.91. The summed E-state index contributed by atoms with van der Waals surface area (Å²) in [7, 11) is 3.02. The highest BCUT2D eigenvalue weighted by atomic mass is 35.5. The van der Waals surface area contributed by atoms with E-state index in [9.17, 15) is 9.90 Å². The molecule has 0 saturated carbocycles. The Kier molecular flexibility index (Phi) is 4.63. The van der Waals surface area contributed by atoms with E-state index in [2.05, 4.69) is 9.97 Å². The number of aliphatic hydroxyl groups excluding tert-OH is 1. The zero-order valence-electron chi connectivity index (χ0n) is 13.5. The number of aliphatic hydroxyl groups is 1. The molecule has 0 radical (unpaired) electrons. The molecule has 3 rings (SSSR count). The number of methoxy groups -OCH3 is 2. The normalized spacial score (nSPS) is 11.6. The Labute approximate surface area is 148 Å². The maximum Gasteiger partial charge on any atom is 0.274 e. The maximum atomic E-state index is 12.2. The van der Waals surface area contributed by atoms with Crippen molar-refractivity contribution < 1.29 is 14.6 Å². The van der Waals surface area contributed by atoms with E-state index in [1.54, 1.807) is 36.4 Å². The number of rotatable bonds is 4. The van der Waals surface area contributed by atoms with Crippen LogP contribution in [-0.2, 0) is 0 Å². The molecule has 0 aliphatic heterocycles. The first-order valence-corrected chi connectivity index (χ1v) is 7.72. The Morgan fingerprint density at radius 1 is 1.20 bits per heavy atom. The predicted molar refractivity (Wildman–Crippen MR) is 97.4 cm³/mol. The van der Waals surface area contributed by atoms with Crippen molar-refractivity contribution in [2.24, 2.45) is 0 Å². The van der Waals surface area contributed by atoms with Crippen molar-refractivity contribution in [3.8, 4) is 11.5 Å². The largest absolute Gasteiger partial charge is 0.507 e. The minimum absolute atomic E-state index is 0.0743. The second kappa shape index (κ2) is 6.86. The second-order valence-corrected chi connectivity index (χ2v) is 5.64. The van der Waals surface area contributed by atoms with Crippen LogP contribution in [0.25, 0.3) is 22.9 Å². The van der Waals surface area contributed by atoms with Crippen LogP contribution in [-0.4, -0.2) is 29.3 Å². The van der Waals surface area contributed by atoms with E-state index in [1.165, 1.54) is 20.3 Å². The van der Waals surface area contributed by atoms with Gasteiger partial charge in [0.25, 0.3) is 5.56 Å². The van der Waals surface area contributed by atoms with Gasteiger partial charge in [-0.25, -0.2) is 4.98 Å². The molecule has 0 aliphatic rings. The molecule has 0 bridgehead atoms. The average Bonchev–Trinajstić information content (AvgIpc) is 2.61. The van der Waals surface area contributed by atoms with Gasteiger partial charge in [-0.1, -0.05) is 11.6 Å². The van der Waals surface area contributed by atoms with Gasteiger partial charge in [0, 0.05) is 17.2 Å². The van der Waals surface area contributed by atoms with Crippen LogP contribution in [0, 0.1) is 0 Å². The quantitative estimate of drug-likeness (QED) is 0.695. The zero-order valence-corrected chi connectivity index (χ0v) is 14.3. The zero-order chi connectivity index (χ0) is 18.0.